The van der Waals surface area contributed by atoms with E-state index in [2.05, 4.69) is 22.5 Å². The van der Waals surface area contributed by atoms with Crippen molar-refractivity contribution in [2.45, 2.75) is 19.4 Å². The summed E-state index contributed by atoms with van der Waals surface area (Å²) in [7, 11) is 0. The van der Waals surface area contributed by atoms with Crippen molar-refractivity contribution >= 4 is 5.91 Å². The smallest absolute Gasteiger partial charge is 0.253 e. The molecule has 1 saturated heterocycles. The predicted molar refractivity (Wildman–Crippen MR) is 84.1 cm³/mol. The monoisotopic (exact) mass is 301 g/mol. The Bertz CT molecular complexity index is 650. The molecular formula is C17H20FN3O. The van der Waals surface area contributed by atoms with Crippen LogP contribution in [-0.2, 0) is 0 Å². The quantitative estimate of drug-likeness (QED) is 0.816. The largest absolute Gasteiger partial charge is 0.366 e. The van der Waals surface area contributed by atoms with Crippen molar-refractivity contribution in [2.24, 2.45) is 5.92 Å². The highest BCUT2D eigenvalue weighted by Gasteiger charge is 2.24. The third-order valence-corrected chi connectivity index (χ3v) is 4.29. The van der Waals surface area contributed by atoms with Gasteiger partial charge in [-0.1, -0.05) is 19.1 Å². The molecule has 22 heavy (non-hydrogen) atoms. The Kier molecular flexibility index (Phi) is 4.24. The molecule has 0 radical (unpaired) electrons. The van der Waals surface area contributed by atoms with Crippen LogP contribution < -0.4 is 10.6 Å². The van der Waals surface area contributed by atoms with Gasteiger partial charge in [-0.2, -0.15) is 0 Å². The summed E-state index contributed by atoms with van der Waals surface area (Å²) in [5, 5.41) is 6.40. The van der Waals surface area contributed by atoms with Gasteiger partial charge in [0.05, 0.1) is 5.56 Å². The maximum atomic E-state index is 13.0. The maximum Gasteiger partial charge on any atom is 0.253 e. The minimum atomic E-state index is -0.285. The van der Waals surface area contributed by atoms with Crippen molar-refractivity contribution in [3.05, 3.63) is 48.0 Å². The molecule has 3 rings (SSSR count). The normalized spacial score (nSPS) is 21.5. The van der Waals surface area contributed by atoms with E-state index >= 15 is 0 Å². The fraction of sp³-hybridized carbons (Fsp3) is 0.353. The van der Waals surface area contributed by atoms with Gasteiger partial charge in [0.2, 0.25) is 0 Å². The molecule has 3 N–H and O–H groups in total. The first-order valence-electron chi connectivity index (χ1n) is 7.59. The van der Waals surface area contributed by atoms with E-state index in [1.165, 1.54) is 12.1 Å². The number of H-pyrrole nitrogens is 1. The highest BCUT2D eigenvalue weighted by atomic mass is 19.1. The summed E-state index contributed by atoms with van der Waals surface area (Å²) in [6.07, 6.45) is 4.52. The van der Waals surface area contributed by atoms with Crippen LogP contribution in [0.4, 0.5) is 4.39 Å². The first kappa shape index (κ1) is 14.8. The van der Waals surface area contributed by atoms with Crippen LogP contribution in [0.1, 0.15) is 23.7 Å². The van der Waals surface area contributed by atoms with Crippen LogP contribution in [0.2, 0.25) is 0 Å². The Morgan fingerprint density at radius 3 is 2.77 bits per heavy atom. The summed E-state index contributed by atoms with van der Waals surface area (Å²) < 4.78 is 13.0. The van der Waals surface area contributed by atoms with Gasteiger partial charge in [-0.3, -0.25) is 4.79 Å². The lowest BCUT2D eigenvalue weighted by Crippen LogP contribution is -2.50. The minimum Gasteiger partial charge on any atom is -0.366 e. The van der Waals surface area contributed by atoms with Crippen molar-refractivity contribution in [2.75, 3.05) is 13.1 Å². The highest BCUT2D eigenvalue weighted by molar-refractivity contribution is 6.00. The summed E-state index contributed by atoms with van der Waals surface area (Å²) in [6.45, 7) is 3.95. The number of aromatic nitrogens is 1. The van der Waals surface area contributed by atoms with Gasteiger partial charge in [0, 0.05) is 30.5 Å². The van der Waals surface area contributed by atoms with E-state index < -0.39 is 0 Å². The third-order valence-electron chi connectivity index (χ3n) is 4.29. The molecule has 1 aromatic heterocycles. The number of hydrogen-bond donors (Lipinski definition) is 3. The Morgan fingerprint density at radius 2 is 2.05 bits per heavy atom. The van der Waals surface area contributed by atoms with E-state index in [1.54, 1.807) is 24.5 Å². The Labute approximate surface area is 129 Å². The first-order chi connectivity index (χ1) is 10.6. The van der Waals surface area contributed by atoms with Crippen LogP contribution >= 0.6 is 0 Å². The van der Waals surface area contributed by atoms with E-state index in [0.29, 0.717) is 11.5 Å². The zero-order chi connectivity index (χ0) is 15.5. The van der Waals surface area contributed by atoms with Crippen LogP contribution in [0.25, 0.3) is 11.1 Å². The number of piperidine rings is 1. The molecule has 2 unspecified atom stereocenters. The van der Waals surface area contributed by atoms with Gasteiger partial charge < -0.3 is 15.6 Å². The first-order valence-corrected chi connectivity index (χ1v) is 7.59. The lowest BCUT2D eigenvalue weighted by molar-refractivity contribution is 0.0916. The Hall–Kier alpha value is -2.14. The molecule has 2 aromatic rings. The predicted octanol–water partition coefficient (Wildman–Crippen LogP) is 2.55. The molecule has 0 bridgehead atoms. The minimum absolute atomic E-state index is 0.0962. The second kappa shape index (κ2) is 6.32. The van der Waals surface area contributed by atoms with Crippen LogP contribution in [-0.4, -0.2) is 30.0 Å². The van der Waals surface area contributed by atoms with Gasteiger partial charge >= 0.3 is 0 Å². The number of carbonyl (C=O) groups is 1. The standard InChI is InChI=1S/C17H20FN3O/c1-11-6-7-19-10-16(11)21-17(22)15-9-20-8-14(15)12-2-4-13(18)5-3-12/h2-5,8-9,11,16,19-20H,6-7,10H2,1H3,(H,21,22). The molecule has 116 valence electrons. The van der Waals surface area contributed by atoms with Gasteiger partial charge in [0.1, 0.15) is 5.82 Å². The van der Waals surface area contributed by atoms with Gasteiger partial charge in [-0.15, -0.1) is 0 Å². The summed E-state index contributed by atoms with van der Waals surface area (Å²) in [4.78, 5) is 15.5. The molecule has 1 aliphatic heterocycles. The zero-order valence-electron chi connectivity index (χ0n) is 12.5. The van der Waals surface area contributed by atoms with Gasteiger partial charge in [-0.25, -0.2) is 4.39 Å². The van der Waals surface area contributed by atoms with Crippen LogP contribution in [0.5, 0.6) is 0 Å². The fourth-order valence-corrected chi connectivity index (χ4v) is 2.85. The molecule has 4 nitrogen and oxygen atoms in total. The average Bonchev–Trinajstić information content (AvgIpc) is 3.00. The lowest BCUT2D eigenvalue weighted by atomic mass is 9.94. The van der Waals surface area contributed by atoms with Crippen LogP contribution in [0.3, 0.4) is 0 Å². The zero-order valence-corrected chi connectivity index (χ0v) is 12.5. The molecule has 0 aliphatic carbocycles. The van der Waals surface area contributed by atoms with Gasteiger partial charge in [-0.05, 0) is 36.6 Å². The van der Waals surface area contributed by atoms with Crippen molar-refractivity contribution in [3.8, 4) is 11.1 Å². The third kappa shape index (κ3) is 3.04. The number of benzene rings is 1. The van der Waals surface area contributed by atoms with E-state index in [-0.39, 0.29) is 17.8 Å². The van der Waals surface area contributed by atoms with E-state index in [4.69, 9.17) is 0 Å². The van der Waals surface area contributed by atoms with Gasteiger partial charge in [0.25, 0.3) is 5.91 Å². The molecule has 0 spiro atoms. The molecule has 5 heteroatoms. The number of carbonyl (C=O) groups excluding carboxylic acids is 1. The average molecular weight is 301 g/mol. The number of rotatable bonds is 3. The number of nitrogens with one attached hydrogen (secondary N) is 3. The van der Waals surface area contributed by atoms with Crippen molar-refractivity contribution < 1.29 is 9.18 Å². The van der Waals surface area contributed by atoms with Gasteiger partial charge in [0.15, 0.2) is 0 Å². The van der Waals surface area contributed by atoms with E-state index in [0.717, 1.165) is 30.6 Å². The SMILES string of the molecule is CC1CCNCC1NC(=O)c1c[nH]cc1-c1ccc(F)cc1. The Balaban J connectivity index is 1.79. The summed E-state index contributed by atoms with van der Waals surface area (Å²) >= 11 is 0. The highest BCUT2D eigenvalue weighted by Crippen LogP contribution is 2.24. The summed E-state index contributed by atoms with van der Waals surface area (Å²) in [5.41, 5.74) is 2.20. The van der Waals surface area contributed by atoms with E-state index in [1.807, 2.05) is 0 Å². The van der Waals surface area contributed by atoms with Crippen LogP contribution in [0.15, 0.2) is 36.7 Å². The summed E-state index contributed by atoms with van der Waals surface area (Å²) in [5.74, 6) is 0.0759. The summed E-state index contributed by atoms with van der Waals surface area (Å²) in [6, 6.07) is 6.30. The fourth-order valence-electron chi connectivity index (χ4n) is 2.85. The molecule has 1 aromatic carbocycles. The van der Waals surface area contributed by atoms with Crippen molar-refractivity contribution in [3.63, 3.8) is 0 Å². The van der Waals surface area contributed by atoms with Crippen molar-refractivity contribution in [1.29, 1.82) is 0 Å². The lowest BCUT2D eigenvalue weighted by Gasteiger charge is -2.30. The molecule has 1 fully saturated rings. The molecule has 2 atom stereocenters. The molecular weight excluding hydrogens is 281 g/mol. The second-order valence-electron chi connectivity index (χ2n) is 5.84. The second-order valence-corrected chi connectivity index (χ2v) is 5.84. The van der Waals surface area contributed by atoms with Crippen molar-refractivity contribution in [1.82, 2.24) is 15.6 Å². The molecule has 0 saturated carbocycles. The number of aromatic amines is 1. The van der Waals surface area contributed by atoms with Crippen LogP contribution in [0, 0.1) is 11.7 Å². The number of amides is 1. The van der Waals surface area contributed by atoms with E-state index in [9.17, 15) is 9.18 Å². The molecule has 1 amide bonds. The number of halogens is 1. The maximum absolute atomic E-state index is 13.0. The topological polar surface area (TPSA) is 56.9 Å². The Morgan fingerprint density at radius 1 is 1.27 bits per heavy atom. The molecule has 1 aliphatic rings. The molecule has 2 heterocycles. The number of hydrogen-bond acceptors (Lipinski definition) is 2.